The van der Waals surface area contributed by atoms with Crippen molar-refractivity contribution >= 4 is 11.6 Å². The molecule has 22 heavy (non-hydrogen) atoms. The summed E-state index contributed by atoms with van der Waals surface area (Å²) in [5, 5.41) is 2.96. The maximum atomic E-state index is 12.2. The van der Waals surface area contributed by atoms with E-state index >= 15 is 0 Å². The molecule has 1 aliphatic rings. The number of hydrogen-bond donors (Lipinski definition) is 1. The largest absolute Gasteiger partial charge is 0.490 e. The van der Waals surface area contributed by atoms with Crippen molar-refractivity contribution < 1.29 is 14.3 Å². The van der Waals surface area contributed by atoms with Gasteiger partial charge in [-0.1, -0.05) is 26.0 Å². The molecule has 1 aromatic carbocycles. The molecule has 1 saturated heterocycles. The van der Waals surface area contributed by atoms with Gasteiger partial charge in [-0.15, -0.1) is 0 Å². The Morgan fingerprint density at radius 3 is 2.82 bits per heavy atom. The summed E-state index contributed by atoms with van der Waals surface area (Å²) in [4.78, 5) is 14.5. The molecular weight excluding hydrogens is 280 g/mol. The van der Waals surface area contributed by atoms with Crippen LogP contribution in [0.4, 0.5) is 5.69 Å². The average Bonchev–Trinajstić information content (AvgIpc) is 3.07. The number of nitrogens with zero attached hydrogens (tertiary/aromatic N) is 1. The number of anilines is 1. The van der Waals surface area contributed by atoms with Gasteiger partial charge in [0.2, 0.25) is 5.91 Å². The highest BCUT2D eigenvalue weighted by atomic mass is 16.5. The van der Waals surface area contributed by atoms with Crippen molar-refractivity contribution in [2.75, 3.05) is 44.8 Å². The Hall–Kier alpha value is -1.59. The van der Waals surface area contributed by atoms with Gasteiger partial charge in [0.1, 0.15) is 12.4 Å². The smallest absolute Gasteiger partial charge is 0.230 e. The molecule has 1 fully saturated rings. The van der Waals surface area contributed by atoms with Gasteiger partial charge >= 0.3 is 0 Å². The Morgan fingerprint density at radius 2 is 2.14 bits per heavy atom. The molecule has 0 radical (unpaired) electrons. The normalized spacial score (nSPS) is 17.7. The summed E-state index contributed by atoms with van der Waals surface area (Å²) < 4.78 is 11.1. The van der Waals surface area contributed by atoms with Crippen molar-refractivity contribution in [3.05, 3.63) is 24.3 Å². The van der Waals surface area contributed by atoms with E-state index in [9.17, 15) is 4.79 Å². The fraction of sp³-hybridized carbons (Fsp3) is 0.588. The van der Waals surface area contributed by atoms with Crippen LogP contribution in [0.1, 0.15) is 20.3 Å². The number of benzene rings is 1. The molecular formula is C17H26N2O3. The lowest BCUT2D eigenvalue weighted by atomic mass is 10.1. The Bertz CT molecular complexity index is 469. The lowest BCUT2D eigenvalue weighted by Crippen LogP contribution is -2.28. The van der Waals surface area contributed by atoms with Gasteiger partial charge in [0.05, 0.1) is 18.2 Å². The predicted octanol–water partition coefficient (Wildman–Crippen LogP) is 2.38. The first kappa shape index (κ1) is 16.8. The zero-order chi connectivity index (χ0) is 15.8. The molecule has 122 valence electrons. The minimum absolute atomic E-state index is 0.0114. The first-order chi connectivity index (χ1) is 10.7. The van der Waals surface area contributed by atoms with E-state index < -0.39 is 0 Å². The van der Waals surface area contributed by atoms with Gasteiger partial charge in [-0.3, -0.25) is 4.79 Å². The van der Waals surface area contributed by atoms with Gasteiger partial charge in [-0.05, 0) is 31.6 Å². The minimum atomic E-state index is -0.0521. The molecule has 0 spiro atoms. The summed E-state index contributed by atoms with van der Waals surface area (Å²) in [5.41, 5.74) is 0.735. The topological polar surface area (TPSA) is 50.8 Å². The first-order valence-corrected chi connectivity index (χ1v) is 8.07. The van der Waals surface area contributed by atoms with Crippen LogP contribution in [0, 0.1) is 5.92 Å². The number of likely N-dealkylation sites (N-methyl/N-ethyl adjacent to an activating group) is 1. The maximum Gasteiger partial charge on any atom is 0.230 e. The summed E-state index contributed by atoms with van der Waals surface area (Å²) in [6, 6.07) is 7.59. The van der Waals surface area contributed by atoms with Gasteiger partial charge in [-0.25, -0.2) is 0 Å². The quantitative estimate of drug-likeness (QED) is 0.801. The van der Waals surface area contributed by atoms with Crippen molar-refractivity contribution in [3.63, 3.8) is 0 Å². The van der Waals surface area contributed by atoms with Crippen LogP contribution < -0.4 is 10.1 Å². The van der Waals surface area contributed by atoms with Crippen LogP contribution >= 0.6 is 0 Å². The van der Waals surface area contributed by atoms with Gasteiger partial charge in [0.15, 0.2) is 0 Å². The number of para-hydroxylation sites is 2. The monoisotopic (exact) mass is 306 g/mol. The molecule has 1 N–H and O–H groups in total. The molecule has 0 saturated carbocycles. The highest BCUT2D eigenvalue weighted by Crippen LogP contribution is 2.25. The molecule has 0 aromatic heterocycles. The lowest BCUT2D eigenvalue weighted by molar-refractivity contribution is -0.119. The van der Waals surface area contributed by atoms with E-state index in [1.54, 1.807) is 0 Å². The van der Waals surface area contributed by atoms with E-state index in [1.165, 1.54) is 0 Å². The van der Waals surface area contributed by atoms with Gasteiger partial charge in [0.25, 0.3) is 0 Å². The molecule has 1 heterocycles. The molecule has 1 amide bonds. The Labute approximate surface area is 132 Å². The second-order valence-electron chi connectivity index (χ2n) is 5.42. The van der Waals surface area contributed by atoms with Crippen LogP contribution in [-0.2, 0) is 9.53 Å². The van der Waals surface area contributed by atoms with Gasteiger partial charge < -0.3 is 19.7 Å². The van der Waals surface area contributed by atoms with E-state index in [0.717, 1.165) is 37.5 Å². The number of ether oxygens (including phenoxy) is 2. The van der Waals surface area contributed by atoms with Crippen molar-refractivity contribution in [1.82, 2.24) is 4.90 Å². The molecule has 5 heteroatoms. The summed E-state index contributed by atoms with van der Waals surface area (Å²) in [6.07, 6.45) is 0.789. The molecule has 0 aliphatic carbocycles. The third kappa shape index (κ3) is 4.71. The summed E-state index contributed by atoms with van der Waals surface area (Å²) >= 11 is 0. The highest BCUT2D eigenvalue weighted by molar-refractivity contribution is 5.94. The van der Waals surface area contributed by atoms with Crippen LogP contribution in [0.5, 0.6) is 5.75 Å². The van der Waals surface area contributed by atoms with Crippen molar-refractivity contribution in [2.45, 2.75) is 20.3 Å². The van der Waals surface area contributed by atoms with E-state index in [4.69, 9.17) is 9.47 Å². The minimum Gasteiger partial charge on any atom is -0.490 e. The Kier molecular flexibility index (Phi) is 6.68. The lowest BCUT2D eigenvalue weighted by Gasteiger charge is -2.19. The molecule has 0 bridgehead atoms. The van der Waals surface area contributed by atoms with Crippen molar-refractivity contribution in [1.29, 1.82) is 0 Å². The van der Waals surface area contributed by atoms with Crippen molar-refractivity contribution in [2.24, 2.45) is 5.92 Å². The van der Waals surface area contributed by atoms with Crippen LogP contribution in [0.3, 0.4) is 0 Å². The van der Waals surface area contributed by atoms with E-state index in [-0.39, 0.29) is 11.8 Å². The molecule has 1 aliphatic heterocycles. The third-order valence-corrected chi connectivity index (χ3v) is 4.00. The third-order valence-electron chi connectivity index (χ3n) is 4.00. The number of rotatable bonds is 8. The van der Waals surface area contributed by atoms with E-state index in [2.05, 4.69) is 24.1 Å². The Balaban J connectivity index is 1.90. The van der Waals surface area contributed by atoms with Crippen LogP contribution in [0.2, 0.25) is 0 Å². The zero-order valence-electron chi connectivity index (χ0n) is 13.5. The summed E-state index contributed by atoms with van der Waals surface area (Å²) in [7, 11) is 0. The number of carbonyl (C=O) groups excluding carboxylic acids is 1. The number of nitrogens with one attached hydrogen (secondary N) is 1. The van der Waals surface area contributed by atoms with E-state index in [1.807, 2.05) is 24.3 Å². The standard InChI is InChI=1S/C17H26N2O3/c1-3-19(4-2)10-12-22-16-8-6-5-7-15(16)18-17(20)14-9-11-21-13-14/h5-8,14H,3-4,9-13H2,1-2H3,(H,18,20). The molecule has 2 rings (SSSR count). The molecule has 1 aromatic rings. The number of hydrogen-bond acceptors (Lipinski definition) is 4. The van der Waals surface area contributed by atoms with Crippen LogP contribution in [-0.4, -0.2) is 50.3 Å². The predicted molar refractivity (Wildman–Crippen MR) is 87.3 cm³/mol. The van der Waals surface area contributed by atoms with E-state index in [0.29, 0.717) is 19.8 Å². The summed E-state index contributed by atoms with van der Waals surface area (Å²) in [6.45, 7) is 8.98. The van der Waals surface area contributed by atoms with Crippen LogP contribution in [0.15, 0.2) is 24.3 Å². The Morgan fingerprint density at radius 1 is 1.36 bits per heavy atom. The second-order valence-corrected chi connectivity index (χ2v) is 5.42. The van der Waals surface area contributed by atoms with Gasteiger partial charge in [0, 0.05) is 13.2 Å². The van der Waals surface area contributed by atoms with Crippen LogP contribution in [0.25, 0.3) is 0 Å². The summed E-state index contributed by atoms with van der Waals surface area (Å²) in [5.74, 6) is 0.683. The maximum absolute atomic E-state index is 12.2. The average molecular weight is 306 g/mol. The highest BCUT2D eigenvalue weighted by Gasteiger charge is 2.24. The second kappa shape index (κ2) is 8.76. The zero-order valence-corrected chi connectivity index (χ0v) is 13.5. The number of amides is 1. The molecule has 1 atom stereocenters. The SMILES string of the molecule is CCN(CC)CCOc1ccccc1NC(=O)C1CCOC1. The van der Waals surface area contributed by atoms with Crippen molar-refractivity contribution in [3.8, 4) is 5.75 Å². The first-order valence-electron chi connectivity index (χ1n) is 8.07. The van der Waals surface area contributed by atoms with Gasteiger partial charge in [-0.2, -0.15) is 0 Å². The fourth-order valence-electron chi connectivity index (χ4n) is 2.50. The molecule has 5 nitrogen and oxygen atoms in total. The fourth-order valence-corrected chi connectivity index (χ4v) is 2.50. The molecule has 1 unspecified atom stereocenters. The number of carbonyl (C=O) groups is 1.